The lowest BCUT2D eigenvalue weighted by Gasteiger charge is -2.18. The lowest BCUT2D eigenvalue weighted by Crippen LogP contribution is -2.24. The van der Waals surface area contributed by atoms with Crippen LogP contribution in [0.3, 0.4) is 0 Å². The Kier molecular flexibility index (Phi) is 5.26. The molecular formula is C17H27NO. The lowest BCUT2D eigenvalue weighted by molar-refractivity contribution is 0.242. The summed E-state index contributed by atoms with van der Waals surface area (Å²) < 4.78 is 5.76. The average molecular weight is 261 g/mol. The molecule has 1 aromatic carbocycles. The number of nitrogens with one attached hydrogen (secondary N) is 1. The summed E-state index contributed by atoms with van der Waals surface area (Å²) in [6.07, 6.45) is 5.86. The molecule has 0 spiro atoms. The normalized spacial score (nSPS) is 17.9. The summed E-state index contributed by atoms with van der Waals surface area (Å²) in [5.74, 6) is 1.86. The fraction of sp³-hybridized carbons (Fsp3) is 0.647. The quantitative estimate of drug-likeness (QED) is 0.823. The molecule has 1 aliphatic rings. The van der Waals surface area contributed by atoms with E-state index in [1.165, 1.54) is 31.2 Å². The van der Waals surface area contributed by atoms with Crippen molar-refractivity contribution in [3.8, 4) is 5.75 Å². The van der Waals surface area contributed by atoms with Crippen LogP contribution in [0, 0.1) is 5.92 Å². The van der Waals surface area contributed by atoms with Gasteiger partial charge in [-0.3, -0.25) is 0 Å². The highest BCUT2D eigenvalue weighted by molar-refractivity contribution is 5.30. The summed E-state index contributed by atoms with van der Waals surface area (Å²) in [5, 5.41) is 3.67. The highest BCUT2D eigenvalue weighted by Gasteiger charge is 2.16. The van der Waals surface area contributed by atoms with Gasteiger partial charge in [0.05, 0.1) is 6.10 Å². The van der Waals surface area contributed by atoms with Gasteiger partial charge in [0.1, 0.15) is 5.75 Å². The number of hydrogen-bond acceptors (Lipinski definition) is 2. The van der Waals surface area contributed by atoms with Crippen molar-refractivity contribution in [1.82, 2.24) is 5.32 Å². The molecule has 1 unspecified atom stereocenters. The fourth-order valence-corrected chi connectivity index (χ4v) is 2.81. The highest BCUT2D eigenvalue weighted by atomic mass is 16.5. The molecule has 1 N–H and O–H groups in total. The van der Waals surface area contributed by atoms with Crippen LogP contribution in [0.2, 0.25) is 0 Å². The van der Waals surface area contributed by atoms with Crippen LogP contribution in [-0.4, -0.2) is 12.6 Å². The number of rotatable bonds is 6. The molecule has 0 aromatic heterocycles. The van der Waals surface area contributed by atoms with E-state index in [0.29, 0.717) is 6.04 Å². The summed E-state index contributed by atoms with van der Waals surface area (Å²) >= 11 is 0. The Morgan fingerprint density at radius 3 is 2.63 bits per heavy atom. The zero-order chi connectivity index (χ0) is 13.7. The summed E-state index contributed by atoms with van der Waals surface area (Å²) in [4.78, 5) is 0. The van der Waals surface area contributed by atoms with Gasteiger partial charge in [0.15, 0.2) is 0 Å². The second kappa shape index (κ2) is 6.95. The van der Waals surface area contributed by atoms with Gasteiger partial charge < -0.3 is 10.1 Å². The Morgan fingerprint density at radius 1 is 1.21 bits per heavy atom. The molecule has 1 fully saturated rings. The zero-order valence-corrected chi connectivity index (χ0v) is 12.5. The third-order valence-corrected chi connectivity index (χ3v) is 3.92. The van der Waals surface area contributed by atoms with E-state index in [0.717, 1.165) is 18.2 Å². The minimum absolute atomic E-state index is 0.233. The smallest absolute Gasteiger partial charge is 0.120 e. The first-order valence-corrected chi connectivity index (χ1v) is 7.65. The van der Waals surface area contributed by atoms with Gasteiger partial charge in [0.2, 0.25) is 0 Å². The second-order valence-corrected chi connectivity index (χ2v) is 6.02. The SMILES string of the molecule is CC(C)Oc1cccc(C(C)NCC2CCCC2)c1. The molecule has 0 amide bonds. The Hall–Kier alpha value is -1.02. The third kappa shape index (κ3) is 4.54. The van der Waals surface area contributed by atoms with Crippen molar-refractivity contribution >= 4 is 0 Å². The molecule has 1 atom stereocenters. The predicted molar refractivity (Wildman–Crippen MR) is 80.6 cm³/mol. The van der Waals surface area contributed by atoms with Gasteiger partial charge in [-0.25, -0.2) is 0 Å². The zero-order valence-electron chi connectivity index (χ0n) is 12.5. The van der Waals surface area contributed by atoms with E-state index in [2.05, 4.69) is 44.3 Å². The number of ether oxygens (including phenoxy) is 1. The molecule has 2 rings (SSSR count). The van der Waals surface area contributed by atoms with Gasteiger partial charge in [-0.05, 0) is 63.8 Å². The van der Waals surface area contributed by atoms with Crippen LogP contribution in [0.4, 0.5) is 0 Å². The molecule has 106 valence electrons. The maximum Gasteiger partial charge on any atom is 0.120 e. The molecule has 19 heavy (non-hydrogen) atoms. The number of hydrogen-bond donors (Lipinski definition) is 1. The van der Waals surface area contributed by atoms with E-state index in [-0.39, 0.29) is 6.10 Å². The maximum absolute atomic E-state index is 5.76. The first-order valence-electron chi connectivity index (χ1n) is 7.65. The van der Waals surface area contributed by atoms with Crippen molar-refractivity contribution in [1.29, 1.82) is 0 Å². The standard InChI is InChI=1S/C17H27NO/c1-13(2)19-17-10-6-9-16(11-17)14(3)18-12-15-7-4-5-8-15/h6,9-11,13-15,18H,4-5,7-8,12H2,1-3H3. The minimum atomic E-state index is 0.233. The monoisotopic (exact) mass is 261 g/mol. The Balaban J connectivity index is 1.88. The largest absolute Gasteiger partial charge is 0.491 e. The average Bonchev–Trinajstić information content (AvgIpc) is 2.88. The van der Waals surface area contributed by atoms with Gasteiger partial charge >= 0.3 is 0 Å². The van der Waals surface area contributed by atoms with Crippen LogP contribution >= 0.6 is 0 Å². The first kappa shape index (κ1) is 14.4. The van der Waals surface area contributed by atoms with E-state index in [1.54, 1.807) is 0 Å². The predicted octanol–water partition coefficient (Wildman–Crippen LogP) is 4.31. The molecule has 1 aliphatic carbocycles. The molecule has 1 saturated carbocycles. The van der Waals surface area contributed by atoms with E-state index < -0.39 is 0 Å². The van der Waals surface area contributed by atoms with Gasteiger partial charge in [-0.2, -0.15) is 0 Å². The van der Waals surface area contributed by atoms with Crippen molar-refractivity contribution in [2.24, 2.45) is 5.92 Å². The fourth-order valence-electron chi connectivity index (χ4n) is 2.81. The number of benzene rings is 1. The molecule has 0 aliphatic heterocycles. The van der Waals surface area contributed by atoms with E-state index >= 15 is 0 Å². The van der Waals surface area contributed by atoms with Crippen LogP contribution in [0.5, 0.6) is 5.75 Å². The topological polar surface area (TPSA) is 21.3 Å². The molecule has 0 saturated heterocycles. The Labute approximate surface area is 117 Å². The first-order chi connectivity index (χ1) is 9.15. The summed E-state index contributed by atoms with van der Waals surface area (Å²) in [5.41, 5.74) is 1.32. The van der Waals surface area contributed by atoms with Crippen LogP contribution in [-0.2, 0) is 0 Å². The van der Waals surface area contributed by atoms with Crippen LogP contribution in [0.15, 0.2) is 24.3 Å². The molecular weight excluding hydrogens is 234 g/mol. The van der Waals surface area contributed by atoms with Gasteiger partial charge in [0, 0.05) is 6.04 Å². The van der Waals surface area contributed by atoms with Crippen molar-refractivity contribution < 1.29 is 4.74 Å². The molecule has 0 bridgehead atoms. The van der Waals surface area contributed by atoms with E-state index in [1.807, 2.05) is 6.07 Å². The molecule has 2 nitrogen and oxygen atoms in total. The molecule has 0 heterocycles. The van der Waals surface area contributed by atoms with Crippen LogP contribution in [0.1, 0.15) is 58.1 Å². The van der Waals surface area contributed by atoms with Crippen molar-refractivity contribution in [2.75, 3.05) is 6.54 Å². The molecule has 0 radical (unpaired) electrons. The van der Waals surface area contributed by atoms with Crippen molar-refractivity contribution in [3.05, 3.63) is 29.8 Å². The van der Waals surface area contributed by atoms with Gasteiger partial charge in [0.25, 0.3) is 0 Å². The summed E-state index contributed by atoms with van der Waals surface area (Å²) in [6, 6.07) is 8.86. The lowest BCUT2D eigenvalue weighted by atomic mass is 10.1. The molecule has 2 heteroatoms. The minimum Gasteiger partial charge on any atom is -0.491 e. The van der Waals surface area contributed by atoms with E-state index in [9.17, 15) is 0 Å². The second-order valence-electron chi connectivity index (χ2n) is 6.02. The van der Waals surface area contributed by atoms with Crippen LogP contribution < -0.4 is 10.1 Å². The van der Waals surface area contributed by atoms with Gasteiger partial charge in [-0.1, -0.05) is 25.0 Å². The summed E-state index contributed by atoms with van der Waals surface area (Å²) in [7, 11) is 0. The Bertz CT molecular complexity index is 383. The maximum atomic E-state index is 5.76. The van der Waals surface area contributed by atoms with Crippen LogP contribution in [0.25, 0.3) is 0 Å². The van der Waals surface area contributed by atoms with Gasteiger partial charge in [-0.15, -0.1) is 0 Å². The third-order valence-electron chi connectivity index (χ3n) is 3.92. The van der Waals surface area contributed by atoms with E-state index in [4.69, 9.17) is 4.74 Å². The van der Waals surface area contributed by atoms with Crippen molar-refractivity contribution in [2.45, 2.75) is 58.6 Å². The Morgan fingerprint density at radius 2 is 1.95 bits per heavy atom. The van der Waals surface area contributed by atoms with Crippen molar-refractivity contribution in [3.63, 3.8) is 0 Å². The summed E-state index contributed by atoms with van der Waals surface area (Å²) in [6.45, 7) is 7.52. The highest BCUT2D eigenvalue weighted by Crippen LogP contribution is 2.25. The molecule has 1 aromatic rings.